The van der Waals surface area contributed by atoms with Crippen LogP contribution in [0, 0.1) is 0 Å². The molecule has 0 amide bonds. The summed E-state index contributed by atoms with van der Waals surface area (Å²) >= 11 is 0. The van der Waals surface area contributed by atoms with E-state index in [0.717, 1.165) is 5.69 Å². The van der Waals surface area contributed by atoms with Gasteiger partial charge in [-0.1, -0.05) is 12.7 Å². The second kappa shape index (κ2) is 5.20. The molecule has 1 rings (SSSR count). The van der Waals surface area contributed by atoms with E-state index in [4.69, 9.17) is 4.74 Å². The van der Waals surface area contributed by atoms with Crippen molar-refractivity contribution in [3.05, 3.63) is 42.5 Å². The van der Waals surface area contributed by atoms with Crippen LogP contribution in [-0.2, 0) is 4.74 Å². The summed E-state index contributed by atoms with van der Waals surface area (Å²) in [5.74, 6) is -0.319. The van der Waals surface area contributed by atoms with Gasteiger partial charge in [0.05, 0.1) is 5.56 Å². The molecular formula is C12H15NO2. The quantitative estimate of drug-likeness (QED) is 0.557. The molecule has 0 N–H and O–H groups in total. The topological polar surface area (TPSA) is 29.5 Å². The third-order valence-corrected chi connectivity index (χ3v) is 1.95. The lowest BCUT2D eigenvalue weighted by molar-refractivity contribution is 0.0550. The van der Waals surface area contributed by atoms with Crippen LogP contribution in [0.5, 0.6) is 0 Å². The van der Waals surface area contributed by atoms with E-state index >= 15 is 0 Å². The molecule has 80 valence electrons. The zero-order valence-corrected chi connectivity index (χ0v) is 9.06. The number of carbonyl (C=O) groups excluding carboxylic acids is 1. The molecule has 0 atom stereocenters. The molecule has 1 aromatic carbocycles. The Bertz CT molecular complexity index is 341. The molecule has 0 saturated heterocycles. The van der Waals surface area contributed by atoms with Gasteiger partial charge in [0.1, 0.15) is 6.61 Å². The third kappa shape index (κ3) is 3.13. The standard InChI is InChI=1S/C12H15NO2/c1-4-9-15-12(14)10-5-7-11(8-6-10)13(2)3/h4-8H,1,9H2,2-3H3. The zero-order valence-electron chi connectivity index (χ0n) is 9.06. The van der Waals surface area contributed by atoms with E-state index in [9.17, 15) is 4.79 Å². The molecule has 0 fully saturated rings. The van der Waals surface area contributed by atoms with Crippen molar-refractivity contribution >= 4 is 11.7 Å². The van der Waals surface area contributed by atoms with Gasteiger partial charge in [0.15, 0.2) is 0 Å². The summed E-state index contributed by atoms with van der Waals surface area (Å²) in [6.07, 6.45) is 1.55. The highest BCUT2D eigenvalue weighted by molar-refractivity contribution is 5.89. The predicted molar refractivity (Wildman–Crippen MR) is 61.2 cm³/mol. The van der Waals surface area contributed by atoms with Crippen LogP contribution < -0.4 is 4.90 Å². The molecular weight excluding hydrogens is 190 g/mol. The molecule has 3 heteroatoms. The number of rotatable bonds is 4. The summed E-state index contributed by atoms with van der Waals surface area (Å²) < 4.78 is 4.91. The Labute approximate surface area is 90.0 Å². The molecule has 0 bridgehead atoms. The number of esters is 1. The summed E-state index contributed by atoms with van der Waals surface area (Å²) in [7, 11) is 3.90. The van der Waals surface area contributed by atoms with Crippen LogP contribution in [0.3, 0.4) is 0 Å². The monoisotopic (exact) mass is 205 g/mol. The Morgan fingerprint density at radius 2 is 2.00 bits per heavy atom. The number of ether oxygens (including phenoxy) is 1. The van der Waals surface area contributed by atoms with Crippen molar-refractivity contribution in [1.29, 1.82) is 0 Å². The van der Waals surface area contributed by atoms with Gasteiger partial charge in [-0.3, -0.25) is 0 Å². The normalized spacial score (nSPS) is 9.47. The molecule has 0 aliphatic heterocycles. The van der Waals surface area contributed by atoms with Gasteiger partial charge >= 0.3 is 5.97 Å². The Morgan fingerprint density at radius 3 is 2.47 bits per heavy atom. The van der Waals surface area contributed by atoms with Crippen molar-refractivity contribution < 1.29 is 9.53 Å². The second-order valence-electron chi connectivity index (χ2n) is 3.33. The van der Waals surface area contributed by atoms with Gasteiger partial charge in [0.25, 0.3) is 0 Å². The molecule has 3 nitrogen and oxygen atoms in total. The van der Waals surface area contributed by atoms with Crippen LogP contribution >= 0.6 is 0 Å². The molecule has 0 heterocycles. The highest BCUT2D eigenvalue weighted by Gasteiger charge is 2.05. The van der Waals surface area contributed by atoms with Gasteiger partial charge in [-0.05, 0) is 24.3 Å². The molecule has 0 aliphatic rings. The van der Waals surface area contributed by atoms with E-state index in [1.807, 2.05) is 31.1 Å². The molecule has 0 spiro atoms. The SMILES string of the molecule is C=CCOC(=O)c1ccc(N(C)C)cc1. The summed E-state index contributed by atoms with van der Waals surface area (Å²) in [5.41, 5.74) is 1.61. The largest absolute Gasteiger partial charge is 0.458 e. The summed E-state index contributed by atoms with van der Waals surface area (Å²) in [6, 6.07) is 7.26. The lowest BCUT2D eigenvalue weighted by Crippen LogP contribution is -2.09. The molecule has 1 aromatic rings. The molecule has 0 unspecified atom stereocenters. The third-order valence-electron chi connectivity index (χ3n) is 1.95. The van der Waals surface area contributed by atoms with Crippen LogP contribution in [0.1, 0.15) is 10.4 Å². The van der Waals surface area contributed by atoms with Gasteiger partial charge < -0.3 is 9.64 Å². The number of benzene rings is 1. The zero-order chi connectivity index (χ0) is 11.3. The first-order valence-corrected chi connectivity index (χ1v) is 4.70. The number of nitrogens with zero attached hydrogens (tertiary/aromatic N) is 1. The van der Waals surface area contributed by atoms with Crippen LogP contribution in [0.2, 0.25) is 0 Å². The van der Waals surface area contributed by atoms with E-state index in [2.05, 4.69) is 6.58 Å². The lowest BCUT2D eigenvalue weighted by atomic mass is 10.2. The van der Waals surface area contributed by atoms with E-state index < -0.39 is 0 Å². The molecule has 0 aliphatic carbocycles. The highest BCUT2D eigenvalue weighted by atomic mass is 16.5. The number of anilines is 1. The fraction of sp³-hybridized carbons (Fsp3) is 0.250. The number of hydrogen-bond acceptors (Lipinski definition) is 3. The van der Waals surface area contributed by atoms with Crippen LogP contribution in [0.15, 0.2) is 36.9 Å². The maximum absolute atomic E-state index is 11.4. The maximum Gasteiger partial charge on any atom is 0.338 e. The van der Waals surface area contributed by atoms with Gasteiger partial charge in [0.2, 0.25) is 0 Å². The van der Waals surface area contributed by atoms with Gasteiger partial charge in [0, 0.05) is 19.8 Å². The van der Waals surface area contributed by atoms with Gasteiger partial charge in [-0.2, -0.15) is 0 Å². The minimum atomic E-state index is -0.319. The summed E-state index contributed by atoms with van der Waals surface area (Å²) in [6.45, 7) is 3.72. The molecule has 0 radical (unpaired) electrons. The van der Waals surface area contributed by atoms with E-state index in [1.54, 1.807) is 18.2 Å². The Morgan fingerprint density at radius 1 is 1.40 bits per heavy atom. The first-order valence-electron chi connectivity index (χ1n) is 4.70. The Hall–Kier alpha value is -1.77. The minimum absolute atomic E-state index is 0.244. The van der Waals surface area contributed by atoms with Crippen LogP contribution in [-0.4, -0.2) is 26.7 Å². The Balaban J connectivity index is 2.71. The van der Waals surface area contributed by atoms with E-state index in [-0.39, 0.29) is 12.6 Å². The predicted octanol–water partition coefficient (Wildman–Crippen LogP) is 2.10. The average Bonchev–Trinajstić information content (AvgIpc) is 2.26. The fourth-order valence-electron chi connectivity index (χ4n) is 1.11. The van der Waals surface area contributed by atoms with Crippen LogP contribution in [0.25, 0.3) is 0 Å². The van der Waals surface area contributed by atoms with Crippen LogP contribution in [0.4, 0.5) is 5.69 Å². The first-order chi connectivity index (χ1) is 7.15. The Kier molecular flexibility index (Phi) is 3.92. The number of carbonyl (C=O) groups is 1. The molecule has 0 saturated carbocycles. The summed E-state index contributed by atoms with van der Waals surface area (Å²) in [4.78, 5) is 13.4. The first kappa shape index (κ1) is 11.3. The second-order valence-corrected chi connectivity index (χ2v) is 3.33. The van der Waals surface area contributed by atoms with Gasteiger partial charge in [-0.25, -0.2) is 4.79 Å². The van der Waals surface area contributed by atoms with Crippen molar-refractivity contribution in [1.82, 2.24) is 0 Å². The highest BCUT2D eigenvalue weighted by Crippen LogP contribution is 2.12. The van der Waals surface area contributed by atoms with Crippen molar-refractivity contribution in [2.75, 3.05) is 25.6 Å². The van der Waals surface area contributed by atoms with Crippen molar-refractivity contribution in [3.8, 4) is 0 Å². The lowest BCUT2D eigenvalue weighted by Gasteiger charge is -2.12. The van der Waals surface area contributed by atoms with Gasteiger partial charge in [-0.15, -0.1) is 0 Å². The fourth-order valence-corrected chi connectivity index (χ4v) is 1.11. The van der Waals surface area contributed by atoms with E-state index in [0.29, 0.717) is 5.56 Å². The minimum Gasteiger partial charge on any atom is -0.458 e. The van der Waals surface area contributed by atoms with Crippen molar-refractivity contribution in [3.63, 3.8) is 0 Å². The molecule has 15 heavy (non-hydrogen) atoms. The smallest absolute Gasteiger partial charge is 0.338 e. The number of hydrogen-bond donors (Lipinski definition) is 0. The van der Waals surface area contributed by atoms with Crippen molar-refractivity contribution in [2.24, 2.45) is 0 Å². The average molecular weight is 205 g/mol. The summed E-state index contributed by atoms with van der Waals surface area (Å²) in [5, 5.41) is 0. The van der Waals surface area contributed by atoms with Crippen molar-refractivity contribution in [2.45, 2.75) is 0 Å². The molecule has 0 aromatic heterocycles. The van der Waals surface area contributed by atoms with E-state index in [1.165, 1.54) is 0 Å². The maximum atomic E-state index is 11.4.